The van der Waals surface area contributed by atoms with E-state index in [1.165, 1.54) is 0 Å². The van der Waals surface area contributed by atoms with Crippen LogP contribution in [0.15, 0.2) is 53.6 Å². The van der Waals surface area contributed by atoms with Gasteiger partial charge in [-0.15, -0.1) is 0 Å². The van der Waals surface area contributed by atoms with Gasteiger partial charge in [-0.05, 0) is 48.4 Å². The van der Waals surface area contributed by atoms with E-state index in [0.29, 0.717) is 12.2 Å². The highest BCUT2D eigenvalue weighted by Crippen LogP contribution is 2.19. The predicted octanol–water partition coefficient (Wildman–Crippen LogP) is 3.46. The van der Waals surface area contributed by atoms with Crippen LogP contribution in [-0.4, -0.2) is 39.4 Å². The number of rotatable bonds is 9. The second-order valence-corrected chi connectivity index (χ2v) is 6.29. The lowest BCUT2D eigenvalue weighted by molar-refractivity contribution is -0.128. The van der Waals surface area contributed by atoms with E-state index in [2.05, 4.69) is 10.5 Å². The highest BCUT2D eigenvalue weighted by molar-refractivity contribution is 5.84. The molecule has 6 nitrogen and oxygen atoms in total. The molecule has 0 fully saturated rings. The van der Waals surface area contributed by atoms with Crippen LogP contribution >= 0.6 is 0 Å². The fourth-order valence-corrected chi connectivity index (χ4v) is 2.43. The summed E-state index contributed by atoms with van der Waals surface area (Å²) in [5, 5.41) is 4.05. The molecule has 0 saturated heterocycles. The van der Waals surface area contributed by atoms with E-state index < -0.39 is 6.10 Å². The molecule has 2 aromatic carbocycles. The average molecular weight is 369 g/mol. The molecule has 6 heteroatoms. The first-order chi connectivity index (χ1) is 13.0. The number of benzene rings is 2. The number of hydrogen-bond donors (Lipinski definition) is 1. The topological polar surface area (TPSA) is 63.2 Å². The third-order valence-corrected chi connectivity index (χ3v) is 3.98. The van der Waals surface area contributed by atoms with E-state index in [4.69, 9.17) is 9.47 Å². The maximum absolute atomic E-state index is 12.4. The lowest BCUT2D eigenvalue weighted by atomic mass is 10.2. The lowest BCUT2D eigenvalue weighted by Crippen LogP contribution is -2.35. The molecular formula is C21H27N3O3. The van der Waals surface area contributed by atoms with Crippen molar-refractivity contribution in [1.82, 2.24) is 5.43 Å². The van der Waals surface area contributed by atoms with Gasteiger partial charge in [-0.1, -0.05) is 25.5 Å². The summed E-state index contributed by atoms with van der Waals surface area (Å²) in [6.45, 7) is 2.01. The Morgan fingerprint density at radius 2 is 1.74 bits per heavy atom. The third kappa shape index (κ3) is 6.33. The van der Waals surface area contributed by atoms with Crippen molar-refractivity contribution in [3.8, 4) is 11.5 Å². The summed E-state index contributed by atoms with van der Waals surface area (Å²) in [6.07, 6.45) is 2.44. The molecule has 1 atom stereocenters. The first kappa shape index (κ1) is 20.3. The molecule has 0 aromatic heterocycles. The van der Waals surface area contributed by atoms with E-state index in [0.717, 1.165) is 23.4 Å². The average Bonchev–Trinajstić information content (AvgIpc) is 2.68. The van der Waals surface area contributed by atoms with Crippen LogP contribution in [0.25, 0.3) is 0 Å². The normalized spacial score (nSPS) is 11.9. The standard InChI is InChI=1S/C21H27N3O3/c1-5-6-20(27-19-13-11-18(26-4)12-14-19)21(25)23-22-15-16-7-9-17(10-8-16)24(2)3/h7-15,20H,5-6H2,1-4H3,(H,23,25)/b22-15-/t20-/m1/s1. The number of nitrogens with one attached hydrogen (secondary N) is 1. The number of hydrazone groups is 1. The zero-order chi connectivity index (χ0) is 19.6. The number of ether oxygens (including phenoxy) is 2. The van der Waals surface area contributed by atoms with E-state index >= 15 is 0 Å². The minimum Gasteiger partial charge on any atom is -0.497 e. The Hall–Kier alpha value is -3.02. The van der Waals surface area contributed by atoms with Crippen LogP contribution in [0.3, 0.4) is 0 Å². The smallest absolute Gasteiger partial charge is 0.281 e. The Labute approximate surface area is 160 Å². The number of carbonyl (C=O) groups is 1. The molecule has 0 saturated carbocycles. The van der Waals surface area contributed by atoms with Crippen molar-refractivity contribution in [3.63, 3.8) is 0 Å². The van der Waals surface area contributed by atoms with Crippen molar-refractivity contribution >= 4 is 17.8 Å². The van der Waals surface area contributed by atoms with Gasteiger partial charge in [0.2, 0.25) is 0 Å². The van der Waals surface area contributed by atoms with Gasteiger partial charge in [0.1, 0.15) is 11.5 Å². The first-order valence-corrected chi connectivity index (χ1v) is 8.94. The quantitative estimate of drug-likeness (QED) is 0.543. The maximum atomic E-state index is 12.4. The Kier molecular flexibility index (Phi) is 7.67. The molecule has 0 heterocycles. The van der Waals surface area contributed by atoms with E-state index in [9.17, 15) is 4.79 Å². The zero-order valence-electron chi connectivity index (χ0n) is 16.3. The molecule has 0 radical (unpaired) electrons. The van der Waals surface area contributed by atoms with Gasteiger partial charge < -0.3 is 14.4 Å². The molecule has 2 aromatic rings. The number of nitrogens with zero attached hydrogens (tertiary/aromatic N) is 2. The summed E-state index contributed by atoms with van der Waals surface area (Å²) in [7, 11) is 5.58. The minimum absolute atomic E-state index is 0.270. The highest BCUT2D eigenvalue weighted by atomic mass is 16.5. The zero-order valence-corrected chi connectivity index (χ0v) is 16.3. The molecule has 0 bridgehead atoms. The molecule has 0 aliphatic carbocycles. The molecule has 0 unspecified atom stereocenters. The monoisotopic (exact) mass is 369 g/mol. The van der Waals surface area contributed by atoms with Crippen LogP contribution in [0, 0.1) is 0 Å². The van der Waals surface area contributed by atoms with Crippen LogP contribution in [0.5, 0.6) is 11.5 Å². The Balaban J connectivity index is 1.94. The van der Waals surface area contributed by atoms with E-state index in [1.807, 2.05) is 50.2 Å². The number of amides is 1. The number of methoxy groups -OCH3 is 1. The molecular weight excluding hydrogens is 342 g/mol. The van der Waals surface area contributed by atoms with Gasteiger partial charge >= 0.3 is 0 Å². The van der Waals surface area contributed by atoms with Crippen molar-refractivity contribution in [1.29, 1.82) is 0 Å². The SMILES string of the molecule is CCC[C@@H](Oc1ccc(OC)cc1)C(=O)N/N=C\c1ccc(N(C)C)cc1. The molecule has 0 spiro atoms. The van der Waals surface area contributed by atoms with Gasteiger partial charge in [0.25, 0.3) is 5.91 Å². The van der Waals surface area contributed by atoms with Crippen LogP contribution in [0.2, 0.25) is 0 Å². The van der Waals surface area contributed by atoms with E-state index in [-0.39, 0.29) is 5.91 Å². The molecule has 1 amide bonds. The number of hydrogen-bond acceptors (Lipinski definition) is 5. The lowest BCUT2D eigenvalue weighted by Gasteiger charge is -2.17. The predicted molar refractivity (Wildman–Crippen MR) is 109 cm³/mol. The van der Waals surface area contributed by atoms with Crippen molar-refractivity contribution in [2.75, 3.05) is 26.1 Å². The number of anilines is 1. The van der Waals surface area contributed by atoms with Gasteiger partial charge in [-0.25, -0.2) is 5.43 Å². The summed E-state index contributed by atoms with van der Waals surface area (Å²) < 4.78 is 10.9. The van der Waals surface area contributed by atoms with Gasteiger partial charge in [-0.3, -0.25) is 4.79 Å². The number of carbonyl (C=O) groups excluding carboxylic acids is 1. The summed E-state index contributed by atoms with van der Waals surface area (Å²) in [5.41, 5.74) is 4.58. The fraction of sp³-hybridized carbons (Fsp3) is 0.333. The first-order valence-electron chi connectivity index (χ1n) is 8.94. The van der Waals surface area contributed by atoms with Crippen molar-refractivity contribution < 1.29 is 14.3 Å². The van der Waals surface area contributed by atoms with Crippen molar-refractivity contribution in [3.05, 3.63) is 54.1 Å². The molecule has 0 aliphatic rings. The molecule has 0 aliphatic heterocycles. The van der Waals surface area contributed by atoms with Crippen LogP contribution in [-0.2, 0) is 4.79 Å². The summed E-state index contributed by atoms with van der Waals surface area (Å²) in [5.74, 6) is 1.09. The Bertz CT molecular complexity index is 740. The maximum Gasteiger partial charge on any atom is 0.281 e. The van der Waals surface area contributed by atoms with Crippen LogP contribution < -0.4 is 19.8 Å². The fourth-order valence-electron chi connectivity index (χ4n) is 2.43. The van der Waals surface area contributed by atoms with Gasteiger partial charge in [0.05, 0.1) is 13.3 Å². The minimum atomic E-state index is -0.600. The van der Waals surface area contributed by atoms with Crippen LogP contribution in [0.4, 0.5) is 5.69 Å². The Morgan fingerprint density at radius 3 is 2.30 bits per heavy atom. The third-order valence-electron chi connectivity index (χ3n) is 3.98. The Morgan fingerprint density at radius 1 is 1.11 bits per heavy atom. The summed E-state index contributed by atoms with van der Waals surface area (Å²) in [4.78, 5) is 14.4. The summed E-state index contributed by atoms with van der Waals surface area (Å²) in [6, 6.07) is 15.0. The van der Waals surface area contributed by atoms with Crippen molar-refractivity contribution in [2.24, 2.45) is 5.10 Å². The largest absolute Gasteiger partial charge is 0.497 e. The highest BCUT2D eigenvalue weighted by Gasteiger charge is 2.19. The van der Waals surface area contributed by atoms with Crippen molar-refractivity contribution in [2.45, 2.75) is 25.9 Å². The second-order valence-electron chi connectivity index (χ2n) is 6.29. The van der Waals surface area contributed by atoms with Gasteiger partial charge in [0, 0.05) is 19.8 Å². The molecule has 2 rings (SSSR count). The van der Waals surface area contributed by atoms with Gasteiger partial charge in [0.15, 0.2) is 6.10 Å². The molecule has 1 N–H and O–H groups in total. The van der Waals surface area contributed by atoms with Gasteiger partial charge in [-0.2, -0.15) is 5.10 Å². The van der Waals surface area contributed by atoms with E-state index in [1.54, 1.807) is 37.6 Å². The second kappa shape index (κ2) is 10.2. The molecule has 27 heavy (non-hydrogen) atoms. The molecule has 144 valence electrons. The summed E-state index contributed by atoms with van der Waals surface area (Å²) >= 11 is 0. The van der Waals surface area contributed by atoms with Crippen LogP contribution in [0.1, 0.15) is 25.3 Å².